The molecule has 0 fully saturated rings. The van der Waals surface area contributed by atoms with Gasteiger partial charge >= 0.3 is 0 Å². The zero-order valence-electron chi connectivity index (χ0n) is 13.3. The molecule has 5 heteroatoms. The zero-order chi connectivity index (χ0) is 16.0. The number of nitrogens with zero attached hydrogens (tertiary/aromatic N) is 3. The Bertz CT molecular complexity index is 855. The summed E-state index contributed by atoms with van der Waals surface area (Å²) in [5.41, 5.74) is 9.86. The number of benzene rings is 1. The van der Waals surface area contributed by atoms with Gasteiger partial charge in [-0.05, 0) is 29.7 Å². The monoisotopic (exact) mass is 324 g/mol. The SMILES string of the molecule is CC(C)c1nnc2ccc(SC3C[C@H](N)c4ccccc43)cn12. The fourth-order valence-electron chi connectivity index (χ4n) is 3.25. The molecule has 118 valence electrons. The molecule has 0 amide bonds. The maximum absolute atomic E-state index is 6.29. The average Bonchev–Trinajstić information content (AvgIpc) is 3.10. The van der Waals surface area contributed by atoms with Gasteiger partial charge in [0.05, 0.1) is 0 Å². The van der Waals surface area contributed by atoms with Crippen LogP contribution >= 0.6 is 11.8 Å². The third kappa shape index (κ3) is 2.54. The molecule has 1 unspecified atom stereocenters. The first-order valence-electron chi connectivity index (χ1n) is 7.99. The van der Waals surface area contributed by atoms with E-state index in [2.05, 4.69) is 65.0 Å². The Hall–Kier alpha value is -1.85. The molecule has 0 bridgehead atoms. The second kappa shape index (κ2) is 5.65. The minimum absolute atomic E-state index is 0.147. The van der Waals surface area contributed by atoms with Crippen LogP contribution in [0.1, 0.15) is 54.4 Å². The first kappa shape index (κ1) is 14.7. The van der Waals surface area contributed by atoms with Crippen LogP contribution in [0, 0.1) is 0 Å². The summed E-state index contributed by atoms with van der Waals surface area (Å²) in [5, 5.41) is 8.96. The molecule has 1 aliphatic rings. The zero-order valence-corrected chi connectivity index (χ0v) is 14.1. The number of fused-ring (bicyclic) bond motifs is 2. The summed E-state index contributed by atoms with van der Waals surface area (Å²) in [5.74, 6) is 1.36. The minimum atomic E-state index is 0.147. The molecule has 1 aliphatic carbocycles. The highest BCUT2D eigenvalue weighted by atomic mass is 32.2. The maximum atomic E-state index is 6.29. The smallest absolute Gasteiger partial charge is 0.160 e. The molecule has 1 aromatic carbocycles. The van der Waals surface area contributed by atoms with Crippen molar-refractivity contribution in [1.82, 2.24) is 14.6 Å². The highest BCUT2D eigenvalue weighted by molar-refractivity contribution is 7.99. The number of thioether (sulfide) groups is 1. The van der Waals surface area contributed by atoms with Crippen molar-refractivity contribution in [2.24, 2.45) is 5.73 Å². The second-order valence-electron chi connectivity index (χ2n) is 6.38. The van der Waals surface area contributed by atoms with Crippen molar-refractivity contribution < 1.29 is 0 Å². The Labute approximate surface area is 140 Å². The Morgan fingerprint density at radius 1 is 1.13 bits per heavy atom. The van der Waals surface area contributed by atoms with Crippen LogP contribution in [0.25, 0.3) is 5.65 Å². The van der Waals surface area contributed by atoms with Crippen molar-refractivity contribution in [3.63, 3.8) is 0 Å². The van der Waals surface area contributed by atoms with Gasteiger partial charge in [0, 0.05) is 28.3 Å². The van der Waals surface area contributed by atoms with Gasteiger partial charge < -0.3 is 5.73 Å². The van der Waals surface area contributed by atoms with Gasteiger partial charge in [-0.15, -0.1) is 22.0 Å². The standard InChI is InChI=1S/C18H20N4S/c1-11(2)18-21-20-17-8-7-12(10-22(17)18)23-16-9-15(19)13-5-3-4-6-14(13)16/h3-8,10-11,15-16H,9,19H2,1-2H3/t15-,16?/m0/s1. The summed E-state index contributed by atoms with van der Waals surface area (Å²) in [6, 6.07) is 12.9. The van der Waals surface area contributed by atoms with E-state index in [9.17, 15) is 0 Å². The average molecular weight is 324 g/mol. The summed E-state index contributed by atoms with van der Waals surface area (Å²) in [7, 11) is 0. The summed E-state index contributed by atoms with van der Waals surface area (Å²) < 4.78 is 2.10. The third-order valence-corrected chi connectivity index (χ3v) is 5.65. The molecule has 23 heavy (non-hydrogen) atoms. The van der Waals surface area contributed by atoms with Crippen LogP contribution in [0.2, 0.25) is 0 Å². The van der Waals surface area contributed by atoms with Crippen molar-refractivity contribution >= 4 is 17.4 Å². The lowest BCUT2D eigenvalue weighted by Crippen LogP contribution is -2.05. The summed E-state index contributed by atoms with van der Waals surface area (Å²) in [6.07, 6.45) is 3.14. The van der Waals surface area contributed by atoms with Crippen molar-refractivity contribution in [1.29, 1.82) is 0 Å². The predicted molar refractivity (Wildman–Crippen MR) is 93.7 cm³/mol. The summed E-state index contributed by atoms with van der Waals surface area (Å²) in [6.45, 7) is 4.28. The number of nitrogens with two attached hydrogens (primary N) is 1. The van der Waals surface area contributed by atoms with E-state index in [0.717, 1.165) is 17.9 Å². The van der Waals surface area contributed by atoms with E-state index in [1.54, 1.807) is 0 Å². The highest BCUT2D eigenvalue weighted by Gasteiger charge is 2.29. The van der Waals surface area contributed by atoms with Crippen LogP contribution < -0.4 is 5.73 Å². The van der Waals surface area contributed by atoms with Crippen molar-refractivity contribution in [3.05, 3.63) is 59.5 Å². The van der Waals surface area contributed by atoms with Crippen LogP contribution in [0.5, 0.6) is 0 Å². The molecule has 0 saturated heterocycles. The van der Waals surface area contributed by atoms with Gasteiger partial charge in [0.25, 0.3) is 0 Å². The van der Waals surface area contributed by atoms with E-state index in [4.69, 9.17) is 5.73 Å². The van der Waals surface area contributed by atoms with Crippen molar-refractivity contribution in [2.75, 3.05) is 0 Å². The topological polar surface area (TPSA) is 56.2 Å². The van der Waals surface area contributed by atoms with Crippen LogP contribution in [-0.4, -0.2) is 14.6 Å². The van der Waals surface area contributed by atoms with Gasteiger partial charge in [-0.25, -0.2) is 0 Å². The Morgan fingerprint density at radius 3 is 2.70 bits per heavy atom. The molecule has 4 nitrogen and oxygen atoms in total. The lowest BCUT2D eigenvalue weighted by molar-refractivity contribution is 0.705. The van der Waals surface area contributed by atoms with E-state index in [1.807, 2.05) is 17.8 Å². The molecular weight excluding hydrogens is 304 g/mol. The number of aromatic nitrogens is 3. The molecule has 0 spiro atoms. The second-order valence-corrected chi connectivity index (χ2v) is 7.66. The molecule has 0 radical (unpaired) electrons. The quantitative estimate of drug-likeness (QED) is 0.788. The lowest BCUT2D eigenvalue weighted by Gasteiger charge is -2.12. The molecule has 2 N–H and O–H groups in total. The Kier molecular flexibility index (Phi) is 3.62. The van der Waals surface area contributed by atoms with Crippen LogP contribution in [-0.2, 0) is 0 Å². The first-order chi connectivity index (χ1) is 11.1. The number of hydrogen-bond acceptors (Lipinski definition) is 4. The van der Waals surface area contributed by atoms with Gasteiger partial charge in [0.2, 0.25) is 0 Å². The Morgan fingerprint density at radius 2 is 1.91 bits per heavy atom. The van der Waals surface area contributed by atoms with Crippen LogP contribution in [0.4, 0.5) is 0 Å². The minimum Gasteiger partial charge on any atom is -0.324 e. The largest absolute Gasteiger partial charge is 0.324 e. The van der Waals surface area contributed by atoms with Gasteiger partial charge in [0.15, 0.2) is 5.65 Å². The summed E-state index contributed by atoms with van der Waals surface area (Å²) >= 11 is 1.88. The van der Waals surface area contributed by atoms with E-state index in [0.29, 0.717) is 11.2 Å². The fraction of sp³-hybridized carbons (Fsp3) is 0.333. The van der Waals surface area contributed by atoms with Crippen LogP contribution in [0.3, 0.4) is 0 Å². The highest BCUT2D eigenvalue weighted by Crippen LogP contribution is 2.48. The van der Waals surface area contributed by atoms with E-state index < -0.39 is 0 Å². The normalized spacial score (nSPS) is 20.3. The molecule has 0 saturated carbocycles. The predicted octanol–water partition coefficient (Wildman–Crippen LogP) is 4.09. The molecule has 2 atom stereocenters. The van der Waals surface area contributed by atoms with Crippen LogP contribution in [0.15, 0.2) is 47.5 Å². The van der Waals surface area contributed by atoms with E-state index >= 15 is 0 Å². The van der Waals surface area contributed by atoms with E-state index in [-0.39, 0.29) is 6.04 Å². The van der Waals surface area contributed by atoms with Gasteiger partial charge in [-0.3, -0.25) is 4.40 Å². The summed E-state index contributed by atoms with van der Waals surface area (Å²) in [4.78, 5) is 1.23. The molecule has 0 aliphatic heterocycles. The van der Waals surface area contributed by atoms with Crippen molar-refractivity contribution in [2.45, 2.75) is 42.4 Å². The third-order valence-electron chi connectivity index (χ3n) is 4.41. The number of rotatable bonds is 3. The molecule has 3 aromatic rings. The lowest BCUT2D eigenvalue weighted by atomic mass is 10.1. The first-order valence-corrected chi connectivity index (χ1v) is 8.87. The van der Waals surface area contributed by atoms with Gasteiger partial charge in [-0.1, -0.05) is 38.1 Å². The fourth-order valence-corrected chi connectivity index (χ4v) is 4.54. The number of hydrogen-bond donors (Lipinski definition) is 1. The maximum Gasteiger partial charge on any atom is 0.160 e. The molecular formula is C18H20N4S. The Balaban J connectivity index is 1.67. The van der Waals surface area contributed by atoms with E-state index in [1.165, 1.54) is 16.0 Å². The number of pyridine rings is 1. The van der Waals surface area contributed by atoms with Gasteiger partial charge in [0.1, 0.15) is 5.82 Å². The molecule has 2 heterocycles. The van der Waals surface area contributed by atoms with Crippen molar-refractivity contribution in [3.8, 4) is 0 Å². The van der Waals surface area contributed by atoms with Gasteiger partial charge in [-0.2, -0.15) is 0 Å². The molecule has 2 aromatic heterocycles. The molecule has 4 rings (SSSR count).